The van der Waals surface area contributed by atoms with Crippen LogP contribution in [0, 0.1) is 6.92 Å². The second kappa shape index (κ2) is 3.69. The Morgan fingerprint density at radius 2 is 2.17 bits per heavy atom. The molecule has 68 valence electrons. The van der Waals surface area contributed by atoms with Gasteiger partial charge in [0.25, 0.3) is 0 Å². The van der Waals surface area contributed by atoms with Crippen LogP contribution in [0.1, 0.15) is 17.2 Å². The molecule has 0 aliphatic rings. The third-order valence-electron chi connectivity index (χ3n) is 1.65. The molecule has 0 radical (unpaired) electrons. The monoisotopic (exact) mass is 169 g/mol. The van der Waals surface area contributed by atoms with E-state index < -0.39 is 0 Å². The maximum Gasteiger partial charge on any atom is 0.120 e. The predicted molar refractivity (Wildman–Crippen MR) is 46.6 cm³/mol. The van der Waals surface area contributed by atoms with Crippen LogP contribution in [0.15, 0.2) is 0 Å². The molecule has 1 aromatic heterocycles. The average Bonchev–Trinajstić information content (AvgIpc) is 2.29. The molecule has 2 N–H and O–H groups in total. The van der Waals surface area contributed by atoms with Crippen molar-refractivity contribution in [3.63, 3.8) is 0 Å². The quantitative estimate of drug-likeness (QED) is 0.683. The molecule has 1 aromatic rings. The number of rotatable bonds is 3. The predicted octanol–water partition coefficient (Wildman–Crippen LogP) is 0.272. The minimum atomic E-state index is 0.00968. The second-order valence-corrected chi connectivity index (χ2v) is 3.15. The van der Waals surface area contributed by atoms with Crippen molar-refractivity contribution in [2.75, 3.05) is 14.1 Å². The van der Waals surface area contributed by atoms with Crippen molar-refractivity contribution < 1.29 is 5.11 Å². The summed E-state index contributed by atoms with van der Waals surface area (Å²) < 4.78 is 0. The van der Waals surface area contributed by atoms with Gasteiger partial charge in [0.15, 0.2) is 0 Å². The lowest BCUT2D eigenvalue weighted by Gasteiger charge is -2.05. The van der Waals surface area contributed by atoms with E-state index in [1.807, 2.05) is 25.9 Å². The Morgan fingerprint density at radius 3 is 2.58 bits per heavy atom. The Kier molecular flexibility index (Phi) is 2.83. The van der Waals surface area contributed by atoms with Crippen LogP contribution in [0.5, 0.6) is 0 Å². The van der Waals surface area contributed by atoms with Crippen molar-refractivity contribution in [3.05, 3.63) is 17.2 Å². The molecule has 0 amide bonds. The molecule has 12 heavy (non-hydrogen) atoms. The van der Waals surface area contributed by atoms with Crippen LogP contribution in [0.3, 0.4) is 0 Å². The Bertz CT molecular complexity index is 255. The van der Waals surface area contributed by atoms with E-state index in [0.717, 1.165) is 23.8 Å². The number of H-pyrrole nitrogens is 1. The van der Waals surface area contributed by atoms with Crippen molar-refractivity contribution in [3.8, 4) is 0 Å². The lowest BCUT2D eigenvalue weighted by atomic mass is 10.4. The number of nitrogens with one attached hydrogen (secondary N) is 1. The molecule has 0 fully saturated rings. The van der Waals surface area contributed by atoms with Crippen molar-refractivity contribution in [2.24, 2.45) is 0 Å². The van der Waals surface area contributed by atoms with Crippen LogP contribution in [-0.2, 0) is 13.2 Å². The zero-order valence-electron chi connectivity index (χ0n) is 7.76. The van der Waals surface area contributed by atoms with Crippen LogP contribution < -0.4 is 0 Å². The van der Waals surface area contributed by atoms with Gasteiger partial charge in [-0.2, -0.15) is 0 Å². The van der Waals surface area contributed by atoms with Gasteiger partial charge in [0, 0.05) is 5.69 Å². The molecule has 0 atom stereocenters. The summed E-state index contributed by atoms with van der Waals surface area (Å²) in [6.07, 6.45) is 0. The summed E-state index contributed by atoms with van der Waals surface area (Å²) in [6.45, 7) is 2.70. The van der Waals surface area contributed by atoms with E-state index in [1.54, 1.807) is 0 Å². The smallest absolute Gasteiger partial charge is 0.120 e. The van der Waals surface area contributed by atoms with Gasteiger partial charge in [0.1, 0.15) is 5.82 Å². The van der Waals surface area contributed by atoms with E-state index in [2.05, 4.69) is 9.97 Å². The molecule has 4 nitrogen and oxygen atoms in total. The first-order chi connectivity index (χ1) is 5.63. The minimum absolute atomic E-state index is 0.00968. The Labute approximate surface area is 72.2 Å². The van der Waals surface area contributed by atoms with Crippen LogP contribution in [0.2, 0.25) is 0 Å². The molecule has 0 spiro atoms. The maximum absolute atomic E-state index is 8.87. The van der Waals surface area contributed by atoms with Crippen LogP contribution in [0.25, 0.3) is 0 Å². The molecule has 0 unspecified atom stereocenters. The summed E-state index contributed by atoms with van der Waals surface area (Å²) in [6, 6.07) is 0. The van der Waals surface area contributed by atoms with E-state index in [4.69, 9.17) is 5.11 Å². The number of imidazole rings is 1. The fraction of sp³-hybridized carbons (Fsp3) is 0.625. The number of nitrogens with zero attached hydrogens (tertiary/aromatic N) is 2. The first-order valence-electron chi connectivity index (χ1n) is 3.93. The maximum atomic E-state index is 8.87. The number of hydrogen-bond acceptors (Lipinski definition) is 3. The van der Waals surface area contributed by atoms with Crippen molar-refractivity contribution >= 4 is 0 Å². The largest absolute Gasteiger partial charge is 0.390 e. The number of aromatic amines is 1. The summed E-state index contributed by atoms with van der Waals surface area (Å²) >= 11 is 0. The molecule has 1 heterocycles. The Morgan fingerprint density at radius 1 is 1.50 bits per heavy atom. The number of aryl methyl sites for hydroxylation is 1. The van der Waals surface area contributed by atoms with Crippen molar-refractivity contribution in [2.45, 2.75) is 20.1 Å². The molecule has 0 bridgehead atoms. The standard InChI is InChI=1S/C8H15N3O/c1-6-7(5-12)10-8(9-6)4-11(2)3/h12H,4-5H2,1-3H3,(H,9,10). The van der Waals surface area contributed by atoms with E-state index in [9.17, 15) is 0 Å². The molecule has 0 aliphatic heterocycles. The third kappa shape index (κ3) is 2.06. The van der Waals surface area contributed by atoms with Crippen LogP contribution >= 0.6 is 0 Å². The zero-order chi connectivity index (χ0) is 9.14. The first kappa shape index (κ1) is 9.22. The van der Waals surface area contributed by atoms with Gasteiger partial charge in [0.05, 0.1) is 18.8 Å². The SMILES string of the molecule is Cc1[nH]c(CN(C)C)nc1CO. The number of aliphatic hydroxyl groups excluding tert-OH is 1. The summed E-state index contributed by atoms with van der Waals surface area (Å²) in [4.78, 5) is 9.36. The lowest BCUT2D eigenvalue weighted by Crippen LogP contribution is -2.11. The molecular weight excluding hydrogens is 154 g/mol. The first-order valence-corrected chi connectivity index (χ1v) is 3.93. The highest BCUT2D eigenvalue weighted by molar-refractivity contribution is 5.11. The summed E-state index contributed by atoms with van der Waals surface area (Å²) in [5.74, 6) is 0.904. The van der Waals surface area contributed by atoms with E-state index in [1.165, 1.54) is 0 Å². The lowest BCUT2D eigenvalue weighted by molar-refractivity contribution is 0.276. The number of aromatic nitrogens is 2. The van der Waals surface area contributed by atoms with Crippen LogP contribution in [0.4, 0.5) is 0 Å². The van der Waals surface area contributed by atoms with Gasteiger partial charge in [0.2, 0.25) is 0 Å². The van der Waals surface area contributed by atoms with Gasteiger partial charge < -0.3 is 15.0 Å². The highest BCUT2D eigenvalue weighted by Gasteiger charge is 2.05. The fourth-order valence-electron chi connectivity index (χ4n) is 1.09. The average molecular weight is 169 g/mol. The zero-order valence-corrected chi connectivity index (χ0v) is 7.76. The topological polar surface area (TPSA) is 52.2 Å². The number of aliphatic hydroxyl groups is 1. The van der Waals surface area contributed by atoms with Gasteiger partial charge in [-0.1, -0.05) is 0 Å². The van der Waals surface area contributed by atoms with Crippen molar-refractivity contribution in [1.29, 1.82) is 0 Å². The molecule has 4 heteroatoms. The van der Waals surface area contributed by atoms with Gasteiger partial charge in [-0.05, 0) is 21.0 Å². The summed E-state index contributed by atoms with van der Waals surface area (Å²) in [5.41, 5.74) is 1.70. The van der Waals surface area contributed by atoms with Crippen LogP contribution in [-0.4, -0.2) is 34.1 Å². The van der Waals surface area contributed by atoms with Gasteiger partial charge >= 0.3 is 0 Å². The summed E-state index contributed by atoms with van der Waals surface area (Å²) in [7, 11) is 3.97. The van der Waals surface area contributed by atoms with Gasteiger partial charge in [-0.3, -0.25) is 0 Å². The fourth-order valence-corrected chi connectivity index (χ4v) is 1.09. The number of hydrogen-bond donors (Lipinski definition) is 2. The van der Waals surface area contributed by atoms with E-state index in [0.29, 0.717) is 0 Å². The molecule has 1 rings (SSSR count). The third-order valence-corrected chi connectivity index (χ3v) is 1.65. The molecule has 0 aliphatic carbocycles. The molecular formula is C8H15N3O. The molecule has 0 aromatic carbocycles. The van der Waals surface area contributed by atoms with E-state index >= 15 is 0 Å². The Hall–Kier alpha value is -0.870. The highest BCUT2D eigenvalue weighted by Crippen LogP contribution is 2.05. The van der Waals surface area contributed by atoms with E-state index in [-0.39, 0.29) is 6.61 Å². The summed E-state index contributed by atoms with van der Waals surface area (Å²) in [5, 5.41) is 8.87. The molecule has 0 saturated carbocycles. The highest BCUT2D eigenvalue weighted by atomic mass is 16.3. The van der Waals surface area contributed by atoms with Gasteiger partial charge in [-0.15, -0.1) is 0 Å². The second-order valence-electron chi connectivity index (χ2n) is 3.15. The minimum Gasteiger partial charge on any atom is -0.390 e. The Balaban J connectivity index is 2.75. The normalized spacial score (nSPS) is 11.1. The molecule has 0 saturated heterocycles. The van der Waals surface area contributed by atoms with Crippen molar-refractivity contribution in [1.82, 2.24) is 14.9 Å². The van der Waals surface area contributed by atoms with Gasteiger partial charge in [-0.25, -0.2) is 4.98 Å².